The van der Waals surface area contributed by atoms with Gasteiger partial charge in [-0.3, -0.25) is 0 Å². The minimum absolute atomic E-state index is 0.219. The van der Waals surface area contributed by atoms with Crippen LogP contribution in [0.25, 0.3) is 22.0 Å². The number of fused-ring (bicyclic) bond motifs is 1. The van der Waals surface area contributed by atoms with E-state index in [1.54, 1.807) is 23.1 Å². The summed E-state index contributed by atoms with van der Waals surface area (Å²) in [6, 6.07) is 11.0. The maximum Gasteiger partial charge on any atom is 0.337 e. The molecule has 0 radical (unpaired) electrons. The average molecular weight is 383 g/mol. The third-order valence-corrected chi connectivity index (χ3v) is 4.53. The van der Waals surface area contributed by atoms with Crippen LogP contribution in [0.15, 0.2) is 55.2 Å². The number of benzene rings is 2. The molecule has 27 heavy (non-hydrogen) atoms. The molecule has 0 amide bonds. The van der Waals surface area contributed by atoms with E-state index in [4.69, 9.17) is 16.3 Å². The first-order chi connectivity index (χ1) is 13.1. The molecule has 0 spiro atoms. The van der Waals surface area contributed by atoms with Crippen LogP contribution >= 0.6 is 11.6 Å². The molecule has 0 saturated heterocycles. The highest BCUT2D eigenvalue weighted by Gasteiger charge is 2.14. The largest absolute Gasteiger partial charge is 0.492 e. The Bertz CT molecular complexity index is 1090. The predicted octanol–water partition coefficient (Wildman–Crippen LogP) is 3.86. The highest BCUT2D eigenvalue weighted by molar-refractivity contribution is 6.34. The van der Waals surface area contributed by atoms with E-state index < -0.39 is 5.97 Å². The topological polar surface area (TPSA) is 93.0 Å². The van der Waals surface area contributed by atoms with Crippen molar-refractivity contribution in [1.82, 2.24) is 19.7 Å². The molecular formula is C19H15ClN4O3. The van der Waals surface area contributed by atoms with Gasteiger partial charge in [-0.1, -0.05) is 23.7 Å². The number of halogens is 1. The van der Waals surface area contributed by atoms with Gasteiger partial charge in [0.25, 0.3) is 0 Å². The van der Waals surface area contributed by atoms with Gasteiger partial charge in [-0.25, -0.2) is 14.5 Å². The van der Waals surface area contributed by atoms with E-state index in [0.717, 1.165) is 16.9 Å². The van der Waals surface area contributed by atoms with Crippen LogP contribution in [0, 0.1) is 0 Å². The number of carboxylic acid groups (broad SMARTS) is 1. The summed E-state index contributed by atoms with van der Waals surface area (Å²) in [4.78, 5) is 18.2. The van der Waals surface area contributed by atoms with E-state index in [2.05, 4.69) is 15.1 Å². The Morgan fingerprint density at radius 3 is 2.78 bits per heavy atom. The van der Waals surface area contributed by atoms with E-state index in [0.29, 0.717) is 29.1 Å². The van der Waals surface area contributed by atoms with Crippen molar-refractivity contribution in [3.05, 3.63) is 65.8 Å². The molecule has 0 atom stereocenters. The molecule has 4 rings (SSSR count). The lowest BCUT2D eigenvalue weighted by atomic mass is 10.0. The summed E-state index contributed by atoms with van der Waals surface area (Å²) in [6.45, 7) is 1.08. The van der Waals surface area contributed by atoms with Crippen molar-refractivity contribution in [2.45, 2.75) is 6.54 Å². The lowest BCUT2D eigenvalue weighted by Crippen LogP contribution is -2.08. The zero-order valence-corrected chi connectivity index (χ0v) is 14.8. The molecule has 0 aliphatic heterocycles. The quantitative estimate of drug-likeness (QED) is 0.528. The molecule has 2 aromatic heterocycles. The van der Waals surface area contributed by atoms with Gasteiger partial charge in [0, 0.05) is 22.7 Å². The van der Waals surface area contributed by atoms with Crippen molar-refractivity contribution in [1.29, 1.82) is 0 Å². The number of ether oxygens (including phenoxy) is 1. The molecule has 2 heterocycles. The van der Waals surface area contributed by atoms with Crippen LogP contribution < -0.4 is 4.74 Å². The second-order valence-corrected chi connectivity index (χ2v) is 6.32. The summed E-state index contributed by atoms with van der Waals surface area (Å²) in [7, 11) is 0. The molecule has 2 aromatic carbocycles. The fourth-order valence-electron chi connectivity index (χ4n) is 2.88. The molecule has 2 N–H and O–H groups in total. The number of hydrogen-bond donors (Lipinski definition) is 2. The zero-order chi connectivity index (χ0) is 18.8. The third-order valence-electron chi connectivity index (χ3n) is 4.22. The minimum atomic E-state index is -0.981. The normalized spacial score (nSPS) is 11.0. The fourth-order valence-corrected chi connectivity index (χ4v) is 3.15. The summed E-state index contributed by atoms with van der Waals surface area (Å²) >= 11 is 6.39. The van der Waals surface area contributed by atoms with Crippen molar-refractivity contribution < 1.29 is 14.6 Å². The average Bonchev–Trinajstić information content (AvgIpc) is 3.31. The number of nitrogens with zero attached hydrogens (tertiary/aromatic N) is 3. The van der Waals surface area contributed by atoms with Gasteiger partial charge in [0.15, 0.2) is 0 Å². The van der Waals surface area contributed by atoms with Crippen molar-refractivity contribution >= 4 is 28.5 Å². The Balaban J connectivity index is 1.55. The van der Waals surface area contributed by atoms with E-state index in [1.807, 2.05) is 24.3 Å². The lowest BCUT2D eigenvalue weighted by molar-refractivity contribution is 0.0699. The lowest BCUT2D eigenvalue weighted by Gasteiger charge is -2.09. The van der Waals surface area contributed by atoms with Crippen molar-refractivity contribution in [3.8, 4) is 16.9 Å². The van der Waals surface area contributed by atoms with Gasteiger partial charge in [-0.2, -0.15) is 5.10 Å². The molecule has 0 aliphatic rings. The minimum Gasteiger partial charge on any atom is -0.492 e. The maximum absolute atomic E-state index is 11.4. The molecule has 0 aliphatic carbocycles. The van der Waals surface area contributed by atoms with Gasteiger partial charge >= 0.3 is 5.97 Å². The summed E-state index contributed by atoms with van der Waals surface area (Å²) < 4.78 is 7.40. The second kappa shape index (κ2) is 7.13. The zero-order valence-electron chi connectivity index (χ0n) is 14.1. The maximum atomic E-state index is 11.4. The monoisotopic (exact) mass is 382 g/mol. The van der Waals surface area contributed by atoms with Gasteiger partial charge in [0.1, 0.15) is 25.0 Å². The molecule has 0 saturated carbocycles. The highest BCUT2D eigenvalue weighted by Crippen LogP contribution is 2.34. The Kier molecular flexibility index (Phi) is 4.52. The number of aromatic amines is 1. The van der Waals surface area contributed by atoms with Crippen LogP contribution in [0.1, 0.15) is 10.4 Å². The Morgan fingerprint density at radius 1 is 1.26 bits per heavy atom. The van der Waals surface area contributed by atoms with Crippen molar-refractivity contribution in [2.75, 3.05) is 6.61 Å². The van der Waals surface area contributed by atoms with E-state index in [1.165, 1.54) is 12.5 Å². The van der Waals surface area contributed by atoms with Gasteiger partial charge in [0.2, 0.25) is 0 Å². The first-order valence-electron chi connectivity index (χ1n) is 8.21. The molecule has 136 valence electrons. The second-order valence-electron chi connectivity index (χ2n) is 5.92. The van der Waals surface area contributed by atoms with Crippen molar-refractivity contribution in [2.24, 2.45) is 0 Å². The Labute approximate surface area is 159 Å². The number of H-pyrrole nitrogens is 1. The number of hydrogen-bond acceptors (Lipinski definition) is 4. The van der Waals surface area contributed by atoms with Gasteiger partial charge < -0.3 is 14.8 Å². The summed E-state index contributed by atoms with van der Waals surface area (Å²) in [5, 5.41) is 14.5. The first kappa shape index (κ1) is 17.1. The van der Waals surface area contributed by atoms with Gasteiger partial charge in [-0.15, -0.1) is 0 Å². The molecule has 7 nitrogen and oxygen atoms in total. The molecule has 8 heteroatoms. The van der Waals surface area contributed by atoms with Crippen LogP contribution in [0.2, 0.25) is 5.02 Å². The standard InChI is InChI=1S/C19H15ClN4O3/c20-17-8-18-15(16(9-22-18)19(25)26)7-14(17)12-1-3-13(4-2-12)27-6-5-24-11-21-10-23-24/h1-4,7-11,22H,5-6H2,(H,25,26). The molecule has 4 aromatic rings. The first-order valence-corrected chi connectivity index (χ1v) is 8.59. The number of rotatable bonds is 6. The van der Waals surface area contributed by atoms with Crippen LogP contribution in [0.4, 0.5) is 0 Å². The van der Waals surface area contributed by atoms with Gasteiger partial charge in [-0.05, 0) is 29.8 Å². The molecule has 0 fully saturated rings. The van der Waals surface area contributed by atoms with Crippen LogP contribution in [0.3, 0.4) is 0 Å². The Morgan fingerprint density at radius 2 is 2.07 bits per heavy atom. The summed E-state index contributed by atoms with van der Waals surface area (Å²) in [5.41, 5.74) is 2.55. The summed E-state index contributed by atoms with van der Waals surface area (Å²) in [6.07, 6.45) is 4.59. The van der Waals surface area contributed by atoms with E-state index in [-0.39, 0.29) is 5.56 Å². The van der Waals surface area contributed by atoms with Gasteiger partial charge in [0.05, 0.1) is 17.1 Å². The summed E-state index contributed by atoms with van der Waals surface area (Å²) in [5.74, 6) is -0.255. The van der Waals surface area contributed by atoms with Crippen LogP contribution in [-0.4, -0.2) is 37.4 Å². The van der Waals surface area contributed by atoms with E-state index in [9.17, 15) is 9.90 Å². The molecular weight excluding hydrogens is 368 g/mol. The van der Waals surface area contributed by atoms with E-state index >= 15 is 0 Å². The predicted molar refractivity (Wildman–Crippen MR) is 101 cm³/mol. The van der Waals surface area contributed by atoms with Crippen molar-refractivity contribution in [3.63, 3.8) is 0 Å². The number of carbonyl (C=O) groups is 1. The number of aromatic nitrogens is 4. The third kappa shape index (κ3) is 3.50. The highest BCUT2D eigenvalue weighted by atomic mass is 35.5. The molecule has 0 bridgehead atoms. The SMILES string of the molecule is O=C(O)c1c[nH]c2cc(Cl)c(-c3ccc(OCCn4cncn4)cc3)cc12. The number of carboxylic acids is 1. The number of aromatic carboxylic acids is 1. The van der Waals surface area contributed by atoms with Crippen LogP contribution in [0.5, 0.6) is 5.75 Å². The fraction of sp³-hybridized carbons (Fsp3) is 0.105. The number of nitrogens with one attached hydrogen (secondary N) is 1. The van der Waals surface area contributed by atoms with Crippen LogP contribution in [-0.2, 0) is 6.54 Å². The Hall–Kier alpha value is -3.32. The smallest absolute Gasteiger partial charge is 0.337 e. The molecule has 0 unspecified atom stereocenters.